The van der Waals surface area contributed by atoms with E-state index in [2.05, 4.69) is 22.5 Å². The molecule has 0 rings (SSSR count). The van der Waals surface area contributed by atoms with Crippen molar-refractivity contribution in [3.63, 3.8) is 0 Å². The van der Waals surface area contributed by atoms with Gasteiger partial charge < -0.3 is 15.4 Å². The topological polar surface area (TPSA) is 91.3 Å². The van der Waals surface area contributed by atoms with E-state index in [1.807, 2.05) is 0 Å². The van der Waals surface area contributed by atoms with Gasteiger partial charge in [0.1, 0.15) is 5.54 Å². The van der Waals surface area contributed by atoms with Crippen LogP contribution in [0.3, 0.4) is 0 Å². The maximum absolute atomic E-state index is 11.8. The Hall–Kier alpha value is -2.03. The van der Waals surface area contributed by atoms with Crippen molar-refractivity contribution in [3.05, 3.63) is 0 Å². The maximum atomic E-state index is 11.8. The second-order valence-corrected chi connectivity index (χ2v) is 4.24. The number of amides is 1. The minimum Gasteiger partial charge on any atom is -0.464 e. The van der Waals surface area contributed by atoms with Gasteiger partial charge in [0.15, 0.2) is 0 Å². The van der Waals surface area contributed by atoms with Crippen molar-refractivity contribution in [2.75, 3.05) is 13.2 Å². The van der Waals surface area contributed by atoms with E-state index in [1.54, 1.807) is 20.8 Å². The molecule has 0 aliphatic heterocycles. The van der Waals surface area contributed by atoms with Crippen molar-refractivity contribution in [1.82, 2.24) is 10.6 Å². The normalized spacial score (nSPS) is 12.4. The third kappa shape index (κ3) is 7.09. The maximum Gasteiger partial charge on any atom is 0.332 e. The largest absolute Gasteiger partial charge is 0.464 e. The first kappa shape index (κ1) is 17.0. The van der Waals surface area contributed by atoms with Crippen molar-refractivity contribution in [2.24, 2.45) is 0 Å². The van der Waals surface area contributed by atoms with E-state index < -0.39 is 11.5 Å². The smallest absolute Gasteiger partial charge is 0.332 e. The molecule has 0 spiro atoms. The molecule has 106 valence electrons. The molecule has 19 heavy (non-hydrogen) atoms. The average Bonchev–Trinajstić information content (AvgIpc) is 2.27. The summed E-state index contributed by atoms with van der Waals surface area (Å²) in [5.41, 5.74) is -1.14. The Bertz CT molecular complexity index is 409. The highest BCUT2D eigenvalue weighted by Gasteiger charge is 2.34. The monoisotopic (exact) mass is 267 g/mol. The van der Waals surface area contributed by atoms with Crippen LogP contribution in [0.5, 0.6) is 0 Å². The van der Waals surface area contributed by atoms with Crippen molar-refractivity contribution in [2.45, 2.75) is 39.7 Å². The van der Waals surface area contributed by atoms with E-state index in [4.69, 9.17) is 10.1 Å². The molecule has 0 aromatic carbocycles. The molecule has 0 saturated carbocycles. The summed E-state index contributed by atoms with van der Waals surface area (Å²) in [6.45, 7) is 6.81. The number of esters is 1. The lowest BCUT2D eigenvalue weighted by atomic mass is 9.98. The van der Waals surface area contributed by atoms with Gasteiger partial charge in [-0.1, -0.05) is 11.8 Å². The second-order valence-electron chi connectivity index (χ2n) is 4.24. The number of ether oxygens (including phenoxy) is 1. The SMILES string of the molecule is CCOC(=O)C(C)(CC#CCNC(C)=N)NC(C)=O. The highest BCUT2D eigenvalue weighted by Crippen LogP contribution is 2.11. The molecule has 0 aliphatic rings. The lowest BCUT2D eigenvalue weighted by molar-refractivity contribution is -0.152. The van der Waals surface area contributed by atoms with E-state index in [0.29, 0.717) is 12.4 Å². The molecular weight excluding hydrogens is 246 g/mol. The van der Waals surface area contributed by atoms with E-state index in [1.165, 1.54) is 6.92 Å². The minimum absolute atomic E-state index is 0.157. The lowest BCUT2D eigenvalue weighted by Gasteiger charge is -2.25. The second kappa shape index (κ2) is 8.14. The fourth-order valence-electron chi connectivity index (χ4n) is 1.32. The zero-order valence-electron chi connectivity index (χ0n) is 11.8. The molecule has 6 heteroatoms. The fraction of sp³-hybridized carbons (Fsp3) is 0.615. The molecule has 1 unspecified atom stereocenters. The van der Waals surface area contributed by atoms with E-state index in [-0.39, 0.29) is 18.9 Å². The fourth-order valence-corrected chi connectivity index (χ4v) is 1.32. The highest BCUT2D eigenvalue weighted by atomic mass is 16.5. The van der Waals surface area contributed by atoms with E-state index in [0.717, 1.165) is 0 Å². The Morgan fingerprint density at radius 2 is 1.95 bits per heavy atom. The third-order valence-electron chi connectivity index (χ3n) is 2.19. The van der Waals surface area contributed by atoms with Crippen LogP contribution in [-0.2, 0) is 14.3 Å². The Labute approximate surface area is 113 Å². The van der Waals surface area contributed by atoms with Crippen LogP contribution < -0.4 is 10.6 Å². The van der Waals surface area contributed by atoms with Crippen molar-refractivity contribution >= 4 is 17.7 Å². The van der Waals surface area contributed by atoms with Gasteiger partial charge in [-0.2, -0.15) is 0 Å². The summed E-state index contributed by atoms with van der Waals surface area (Å²) in [6.07, 6.45) is 0.157. The van der Waals surface area contributed by atoms with Crippen LogP contribution in [-0.4, -0.2) is 36.4 Å². The first-order chi connectivity index (χ1) is 8.81. The molecule has 1 amide bonds. The number of hydrogen-bond acceptors (Lipinski definition) is 4. The van der Waals surface area contributed by atoms with Crippen LogP contribution in [0.2, 0.25) is 0 Å². The Balaban J connectivity index is 4.63. The van der Waals surface area contributed by atoms with Crippen LogP contribution in [0.15, 0.2) is 0 Å². The molecule has 0 saturated heterocycles. The molecule has 0 radical (unpaired) electrons. The van der Waals surface area contributed by atoms with Gasteiger partial charge in [-0.3, -0.25) is 10.2 Å². The van der Waals surface area contributed by atoms with Crippen molar-refractivity contribution in [1.29, 1.82) is 5.41 Å². The van der Waals surface area contributed by atoms with Gasteiger partial charge in [-0.05, 0) is 20.8 Å². The zero-order valence-corrected chi connectivity index (χ0v) is 11.8. The lowest BCUT2D eigenvalue weighted by Crippen LogP contribution is -2.52. The molecule has 1 atom stereocenters. The molecular formula is C13H21N3O3. The van der Waals surface area contributed by atoms with Crippen LogP contribution >= 0.6 is 0 Å². The number of rotatable bonds is 5. The Morgan fingerprint density at radius 3 is 2.42 bits per heavy atom. The van der Waals surface area contributed by atoms with Crippen LogP contribution in [0, 0.1) is 17.3 Å². The summed E-state index contributed by atoms with van der Waals surface area (Å²) in [6, 6.07) is 0. The molecule has 6 nitrogen and oxygen atoms in total. The number of carbonyl (C=O) groups excluding carboxylic acids is 2. The van der Waals surface area contributed by atoms with Crippen LogP contribution in [0.25, 0.3) is 0 Å². The van der Waals surface area contributed by atoms with Gasteiger partial charge in [0, 0.05) is 13.3 Å². The summed E-state index contributed by atoms with van der Waals surface area (Å²) in [7, 11) is 0. The minimum atomic E-state index is -1.14. The van der Waals surface area contributed by atoms with Crippen LogP contribution in [0.4, 0.5) is 0 Å². The Morgan fingerprint density at radius 1 is 1.32 bits per heavy atom. The predicted octanol–water partition coefficient (Wildman–Crippen LogP) is 0.425. The molecule has 0 heterocycles. The van der Waals surface area contributed by atoms with Crippen molar-refractivity contribution in [3.8, 4) is 11.8 Å². The zero-order chi connectivity index (χ0) is 14.9. The van der Waals surface area contributed by atoms with E-state index in [9.17, 15) is 9.59 Å². The molecule has 0 bridgehead atoms. The third-order valence-corrected chi connectivity index (χ3v) is 2.19. The molecule has 0 aliphatic carbocycles. The number of nitrogens with one attached hydrogen (secondary N) is 3. The predicted molar refractivity (Wildman–Crippen MR) is 72.7 cm³/mol. The van der Waals surface area contributed by atoms with Crippen molar-refractivity contribution < 1.29 is 14.3 Å². The molecule has 3 N–H and O–H groups in total. The first-order valence-corrected chi connectivity index (χ1v) is 6.02. The summed E-state index contributed by atoms with van der Waals surface area (Å²) >= 11 is 0. The quantitative estimate of drug-likeness (QED) is 0.291. The molecule has 0 fully saturated rings. The Kier molecular flexibility index (Phi) is 7.27. The van der Waals surface area contributed by atoms with Crippen LogP contribution in [0.1, 0.15) is 34.1 Å². The van der Waals surface area contributed by atoms with Gasteiger partial charge in [0.2, 0.25) is 5.91 Å². The summed E-state index contributed by atoms with van der Waals surface area (Å²) in [5.74, 6) is 5.09. The summed E-state index contributed by atoms with van der Waals surface area (Å²) in [5, 5.41) is 12.5. The summed E-state index contributed by atoms with van der Waals surface area (Å²) in [4.78, 5) is 23.0. The van der Waals surface area contributed by atoms with Gasteiger partial charge in [-0.25, -0.2) is 4.79 Å². The van der Waals surface area contributed by atoms with E-state index >= 15 is 0 Å². The molecule has 0 aromatic rings. The number of hydrogen-bond donors (Lipinski definition) is 3. The number of amidine groups is 1. The molecule has 0 aromatic heterocycles. The van der Waals surface area contributed by atoms with Gasteiger partial charge in [0.05, 0.1) is 19.0 Å². The average molecular weight is 267 g/mol. The van der Waals surface area contributed by atoms with Gasteiger partial charge in [-0.15, -0.1) is 0 Å². The highest BCUT2D eigenvalue weighted by molar-refractivity contribution is 5.87. The van der Waals surface area contributed by atoms with Gasteiger partial charge in [0.25, 0.3) is 0 Å². The standard InChI is InChI=1S/C13H21N3O3/c1-5-19-12(18)13(4,16-11(3)17)8-6-7-9-15-10(2)14/h5,8-9H2,1-4H3,(H2,14,15)(H,16,17). The summed E-state index contributed by atoms with van der Waals surface area (Å²) < 4.78 is 4.93. The van der Waals surface area contributed by atoms with Gasteiger partial charge >= 0.3 is 5.97 Å². The number of carbonyl (C=O) groups is 2. The first-order valence-electron chi connectivity index (χ1n) is 6.02.